The van der Waals surface area contributed by atoms with Crippen LogP contribution in [0.1, 0.15) is 43.9 Å². The van der Waals surface area contributed by atoms with Crippen molar-refractivity contribution in [1.82, 2.24) is 9.88 Å². The van der Waals surface area contributed by atoms with Crippen LogP contribution < -0.4 is 14.8 Å². The molecule has 226 valence electrons. The molecule has 0 aliphatic heterocycles. The summed E-state index contributed by atoms with van der Waals surface area (Å²) in [6, 6.07) is 23.6. The molecule has 1 aromatic heterocycles. The topological polar surface area (TPSA) is 111 Å². The largest absolute Gasteiger partial charge is 0.489 e. The smallest absolute Gasteiger partial charge is 0.332 e. The number of urea groups is 1. The van der Waals surface area contributed by atoms with E-state index in [1.165, 1.54) is 0 Å². The van der Waals surface area contributed by atoms with E-state index in [0.29, 0.717) is 51.3 Å². The van der Waals surface area contributed by atoms with Crippen molar-refractivity contribution in [1.29, 1.82) is 0 Å². The van der Waals surface area contributed by atoms with E-state index in [9.17, 15) is 13.2 Å². The number of nitrogens with zero attached hydrogens (tertiary/aromatic N) is 1. The molecule has 44 heavy (non-hydrogen) atoms. The first-order chi connectivity index (χ1) is 21.1. The molecule has 1 heterocycles. The second-order valence-corrected chi connectivity index (χ2v) is 13.8. The Morgan fingerprint density at radius 2 is 1.66 bits per heavy atom. The van der Waals surface area contributed by atoms with Gasteiger partial charge in [0.25, 0.3) is 0 Å². The lowest BCUT2D eigenvalue weighted by Crippen LogP contribution is -2.36. The molecule has 0 atom stereocenters. The molecular weight excluding hydrogens is 621 g/mol. The fourth-order valence-corrected chi connectivity index (χ4v) is 6.85. The molecule has 1 saturated carbocycles. The van der Waals surface area contributed by atoms with E-state index < -0.39 is 21.3 Å². The molecule has 0 saturated heterocycles. The summed E-state index contributed by atoms with van der Waals surface area (Å²) >= 11 is 12.9. The Morgan fingerprint density at radius 1 is 0.977 bits per heavy atom. The predicted molar refractivity (Wildman–Crippen MR) is 174 cm³/mol. The fraction of sp³-hybridized carbons (Fsp3) is 0.212. The predicted octanol–water partition coefficient (Wildman–Crippen LogP) is 8.78. The van der Waals surface area contributed by atoms with Crippen LogP contribution in [-0.2, 0) is 16.6 Å². The van der Waals surface area contributed by atoms with Crippen LogP contribution in [0.2, 0.25) is 10.0 Å². The van der Waals surface area contributed by atoms with Crippen LogP contribution in [0.4, 0.5) is 10.5 Å². The van der Waals surface area contributed by atoms with Crippen LogP contribution in [0.3, 0.4) is 0 Å². The third-order valence-electron chi connectivity index (χ3n) is 7.44. The Morgan fingerprint density at radius 3 is 2.34 bits per heavy atom. The molecule has 0 radical (unpaired) electrons. The van der Waals surface area contributed by atoms with Gasteiger partial charge in [-0.3, -0.25) is 0 Å². The van der Waals surface area contributed by atoms with E-state index in [-0.39, 0.29) is 12.5 Å². The van der Waals surface area contributed by atoms with Crippen molar-refractivity contribution >= 4 is 55.7 Å². The van der Waals surface area contributed by atoms with Gasteiger partial charge in [0.15, 0.2) is 0 Å². The number of anilines is 1. The summed E-state index contributed by atoms with van der Waals surface area (Å²) in [6.07, 6.45) is 1.15. The van der Waals surface area contributed by atoms with Gasteiger partial charge in [-0.25, -0.2) is 17.9 Å². The van der Waals surface area contributed by atoms with Gasteiger partial charge < -0.3 is 14.6 Å². The molecule has 6 rings (SSSR count). The van der Waals surface area contributed by atoms with Gasteiger partial charge in [-0.2, -0.15) is 0 Å². The number of hydrogen-bond donors (Lipinski definition) is 2. The van der Waals surface area contributed by atoms with Crippen LogP contribution >= 0.6 is 23.2 Å². The molecule has 0 bridgehead atoms. The first kappa shape index (κ1) is 30.0. The van der Waals surface area contributed by atoms with Crippen molar-refractivity contribution in [3.05, 3.63) is 100 Å². The van der Waals surface area contributed by atoms with E-state index >= 15 is 0 Å². The van der Waals surface area contributed by atoms with Crippen molar-refractivity contribution in [3.63, 3.8) is 0 Å². The maximum atomic E-state index is 12.4. The third kappa shape index (κ3) is 6.26. The zero-order chi connectivity index (χ0) is 31.0. The van der Waals surface area contributed by atoms with E-state index in [2.05, 4.69) is 15.2 Å². The van der Waals surface area contributed by atoms with Gasteiger partial charge in [-0.05, 0) is 65.8 Å². The number of fused-ring (bicyclic) bond motifs is 1. The van der Waals surface area contributed by atoms with Crippen LogP contribution in [0.15, 0.2) is 83.4 Å². The molecule has 2 amide bonds. The van der Waals surface area contributed by atoms with E-state index in [1.807, 2.05) is 68.4 Å². The van der Waals surface area contributed by atoms with Crippen LogP contribution in [0, 0.1) is 0 Å². The van der Waals surface area contributed by atoms with Crippen molar-refractivity contribution < 1.29 is 22.5 Å². The minimum atomic E-state index is -3.64. The molecule has 0 spiro atoms. The summed E-state index contributed by atoms with van der Waals surface area (Å²) in [5.74, 6) is 1.45. The van der Waals surface area contributed by atoms with Crippen LogP contribution in [-0.4, -0.2) is 24.9 Å². The number of hydrogen-bond acceptors (Lipinski definition) is 6. The van der Waals surface area contributed by atoms with Gasteiger partial charge in [0.1, 0.15) is 23.8 Å². The number of benzene rings is 4. The van der Waals surface area contributed by atoms with E-state index in [1.54, 1.807) is 24.3 Å². The molecule has 0 unspecified atom stereocenters. The third-order valence-corrected chi connectivity index (χ3v) is 9.89. The Hall–Kier alpha value is -4.05. The minimum absolute atomic E-state index is 0.0762. The highest BCUT2D eigenvalue weighted by atomic mass is 35.5. The fourth-order valence-electron chi connectivity index (χ4n) is 5.05. The normalized spacial score (nSPS) is 13.3. The number of sulfonamides is 1. The maximum Gasteiger partial charge on any atom is 0.332 e. The van der Waals surface area contributed by atoms with Crippen molar-refractivity contribution in [2.45, 2.75) is 44.5 Å². The Kier molecular flexibility index (Phi) is 8.28. The second kappa shape index (κ2) is 12.1. The van der Waals surface area contributed by atoms with Gasteiger partial charge in [0.2, 0.25) is 10.0 Å². The quantitative estimate of drug-likeness (QED) is 0.165. The molecule has 11 heteroatoms. The van der Waals surface area contributed by atoms with Gasteiger partial charge in [0, 0.05) is 16.9 Å². The zero-order valence-electron chi connectivity index (χ0n) is 23.9. The number of aromatic nitrogens is 1. The molecule has 1 aliphatic carbocycles. The number of rotatable bonds is 9. The van der Waals surface area contributed by atoms with Crippen molar-refractivity contribution in [2.75, 3.05) is 5.32 Å². The van der Waals surface area contributed by atoms with E-state index in [4.69, 9.17) is 32.5 Å². The molecular formula is C33H29Cl2N3O5S. The molecule has 1 fully saturated rings. The molecule has 8 nitrogen and oxygen atoms in total. The Balaban J connectivity index is 1.18. The number of carbonyl (C=O) groups is 1. The van der Waals surface area contributed by atoms with Gasteiger partial charge in [0.05, 0.1) is 26.5 Å². The summed E-state index contributed by atoms with van der Waals surface area (Å²) in [5.41, 5.74) is 4.43. The number of halogens is 2. The summed E-state index contributed by atoms with van der Waals surface area (Å²) in [5, 5.41) is 9.13. The molecule has 4 aromatic carbocycles. The summed E-state index contributed by atoms with van der Waals surface area (Å²) < 4.78 is 38.2. The highest BCUT2D eigenvalue weighted by molar-refractivity contribution is 7.91. The lowest BCUT2D eigenvalue weighted by atomic mass is 10.00. The second-order valence-electron chi connectivity index (χ2n) is 11.0. The first-order valence-electron chi connectivity index (χ1n) is 14.1. The average molecular weight is 651 g/mol. The van der Waals surface area contributed by atoms with Gasteiger partial charge in [-0.15, -0.1) is 0 Å². The van der Waals surface area contributed by atoms with E-state index in [0.717, 1.165) is 27.5 Å². The summed E-state index contributed by atoms with van der Waals surface area (Å²) in [4.78, 5) is 12.4. The number of amides is 2. The highest BCUT2D eigenvalue weighted by Crippen LogP contribution is 2.39. The Bertz CT molecular complexity index is 1950. The average Bonchev–Trinajstić information content (AvgIpc) is 3.78. The maximum absolute atomic E-state index is 12.4. The number of carbonyl (C=O) groups excluding carboxylic acids is 1. The SMILES string of the molecule is CC(C)c1onc(-c2c(Cl)cccc2Cl)c1COc1ccc(-c2ccc3c(NC(=O)NS(=O)(=O)C4CC4)cccc3c2)cc1. The minimum Gasteiger partial charge on any atom is -0.489 e. The van der Waals surface area contributed by atoms with Gasteiger partial charge in [-0.1, -0.05) is 84.7 Å². The van der Waals surface area contributed by atoms with Crippen molar-refractivity contribution in [3.8, 4) is 28.1 Å². The zero-order valence-corrected chi connectivity index (χ0v) is 26.3. The molecule has 2 N–H and O–H groups in total. The number of ether oxygens (including phenoxy) is 1. The highest BCUT2D eigenvalue weighted by Gasteiger charge is 2.37. The lowest BCUT2D eigenvalue weighted by Gasteiger charge is -2.12. The summed E-state index contributed by atoms with van der Waals surface area (Å²) in [6.45, 7) is 4.26. The number of nitrogens with one attached hydrogen (secondary N) is 2. The van der Waals surface area contributed by atoms with Crippen LogP contribution in [0.5, 0.6) is 5.75 Å². The molecule has 5 aromatic rings. The van der Waals surface area contributed by atoms with Crippen LogP contribution in [0.25, 0.3) is 33.2 Å². The lowest BCUT2D eigenvalue weighted by molar-refractivity contribution is 0.256. The van der Waals surface area contributed by atoms with Gasteiger partial charge >= 0.3 is 6.03 Å². The standard InChI is InChI=1S/C33H29Cl2N3O5S/c1-19(2)32-26(31(37-43-32)30-27(34)6-4-7-28(30)35)18-42-23-12-9-20(10-13-23)21-11-16-25-22(17-21)5-3-8-29(25)36-33(39)38-44(40,41)24-14-15-24/h3-13,16-17,19,24H,14-15,18H2,1-2H3,(H2,36,38,39). The first-order valence-corrected chi connectivity index (χ1v) is 16.4. The Labute approximate surface area is 265 Å². The van der Waals surface area contributed by atoms with Crippen molar-refractivity contribution in [2.24, 2.45) is 0 Å². The summed E-state index contributed by atoms with van der Waals surface area (Å²) in [7, 11) is -3.64. The monoisotopic (exact) mass is 649 g/mol. The molecule has 1 aliphatic rings.